The average Bonchev–Trinajstić information content (AvgIpc) is 2.77. The quantitative estimate of drug-likeness (QED) is 0.407. The maximum absolute atomic E-state index is 13.6. The Morgan fingerprint density at radius 3 is 2.50 bits per heavy atom. The van der Waals surface area contributed by atoms with E-state index in [4.69, 9.17) is 13.9 Å². The minimum absolute atomic E-state index is 0.131. The van der Waals surface area contributed by atoms with Gasteiger partial charge in [-0.15, -0.1) is 0 Å². The zero-order chi connectivity index (χ0) is 23.3. The van der Waals surface area contributed by atoms with Crippen molar-refractivity contribution in [1.82, 2.24) is 4.90 Å². The molecule has 32 heavy (non-hydrogen) atoms. The number of benzene rings is 2. The highest BCUT2D eigenvalue weighted by molar-refractivity contribution is 5.86. The lowest BCUT2D eigenvalue weighted by molar-refractivity contribution is 0.171. The van der Waals surface area contributed by atoms with Crippen molar-refractivity contribution >= 4 is 17.1 Å². The second-order valence-corrected chi connectivity index (χ2v) is 8.09. The number of carbonyl (C=O) groups excluding carboxylic acids is 1. The highest BCUT2D eigenvalue weighted by atomic mass is 16.6. The first-order valence-corrected chi connectivity index (χ1v) is 11.0. The topological polar surface area (TPSA) is 69.0 Å². The van der Waals surface area contributed by atoms with E-state index in [0.29, 0.717) is 45.8 Å². The number of hydrogen-bond donors (Lipinski definition) is 0. The molecule has 3 rings (SSSR count). The normalized spacial score (nSPS) is 10.9. The summed E-state index contributed by atoms with van der Waals surface area (Å²) in [6.45, 7) is 3.92. The van der Waals surface area contributed by atoms with E-state index in [1.54, 1.807) is 34.2 Å². The molecule has 0 saturated heterocycles. The van der Waals surface area contributed by atoms with Gasteiger partial charge >= 0.3 is 6.09 Å². The van der Waals surface area contributed by atoms with E-state index in [9.17, 15) is 9.59 Å². The molecule has 0 aliphatic carbocycles. The second kappa shape index (κ2) is 10.4. The van der Waals surface area contributed by atoms with Crippen molar-refractivity contribution in [3.8, 4) is 22.6 Å². The third-order valence-electron chi connectivity index (χ3n) is 5.49. The lowest BCUT2D eigenvalue weighted by Crippen LogP contribution is -2.25. The SMILES string of the molecule is CCCCCCc1cc2c(=O)c(-c3ccccc3OC)c(C)oc2cc1OC(=O)N(C)C. The summed E-state index contributed by atoms with van der Waals surface area (Å²) in [6, 6.07) is 10.9. The fraction of sp³-hybridized carbons (Fsp3) is 0.385. The molecule has 2 aromatic carbocycles. The van der Waals surface area contributed by atoms with E-state index in [1.807, 2.05) is 30.3 Å². The van der Waals surface area contributed by atoms with Gasteiger partial charge in [0.1, 0.15) is 22.8 Å². The Morgan fingerprint density at radius 1 is 1.06 bits per heavy atom. The maximum atomic E-state index is 13.6. The summed E-state index contributed by atoms with van der Waals surface area (Å²) in [4.78, 5) is 27.1. The van der Waals surface area contributed by atoms with Crippen LogP contribution in [0, 0.1) is 6.92 Å². The molecule has 0 fully saturated rings. The van der Waals surface area contributed by atoms with E-state index in [1.165, 1.54) is 4.90 Å². The van der Waals surface area contributed by atoms with Gasteiger partial charge in [-0.2, -0.15) is 0 Å². The molecule has 0 radical (unpaired) electrons. The van der Waals surface area contributed by atoms with Crippen LogP contribution in [0.5, 0.6) is 11.5 Å². The zero-order valence-electron chi connectivity index (χ0n) is 19.5. The van der Waals surface area contributed by atoms with Gasteiger partial charge in [0.05, 0.1) is 18.1 Å². The van der Waals surface area contributed by atoms with Crippen molar-refractivity contribution in [2.45, 2.75) is 46.0 Å². The molecule has 0 aliphatic rings. The molecule has 3 aromatic rings. The number of methoxy groups -OCH3 is 1. The van der Waals surface area contributed by atoms with Gasteiger partial charge in [0.25, 0.3) is 0 Å². The van der Waals surface area contributed by atoms with E-state index in [0.717, 1.165) is 31.2 Å². The number of nitrogens with zero attached hydrogens (tertiary/aromatic N) is 1. The van der Waals surface area contributed by atoms with Crippen LogP contribution in [0.15, 0.2) is 45.6 Å². The van der Waals surface area contributed by atoms with Crippen LogP contribution in [0.2, 0.25) is 0 Å². The van der Waals surface area contributed by atoms with E-state index in [2.05, 4.69) is 6.92 Å². The van der Waals surface area contributed by atoms with Crippen LogP contribution in [-0.4, -0.2) is 32.2 Å². The molecule has 0 saturated carbocycles. The van der Waals surface area contributed by atoms with Gasteiger partial charge in [0, 0.05) is 25.7 Å². The molecule has 170 valence electrons. The molecule has 1 aromatic heterocycles. The highest BCUT2D eigenvalue weighted by Gasteiger charge is 2.20. The van der Waals surface area contributed by atoms with E-state index < -0.39 is 6.09 Å². The Hall–Kier alpha value is -3.28. The lowest BCUT2D eigenvalue weighted by atomic mass is 9.99. The standard InChI is InChI=1S/C26H31NO5/c1-6-7-8-9-12-18-15-20-23(16-22(18)32-26(29)27(3)4)31-17(2)24(25(20)28)19-13-10-11-14-21(19)30-5/h10-11,13-16H,6-9,12H2,1-5H3. The van der Waals surface area contributed by atoms with Crippen LogP contribution in [0.4, 0.5) is 4.79 Å². The second-order valence-electron chi connectivity index (χ2n) is 8.09. The van der Waals surface area contributed by atoms with Crippen LogP contribution >= 0.6 is 0 Å². The fourth-order valence-corrected chi connectivity index (χ4v) is 3.76. The number of amides is 1. The van der Waals surface area contributed by atoms with Gasteiger partial charge in [0.2, 0.25) is 5.43 Å². The van der Waals surface area contributed by atoms with Gasteiger partial charge in [-0.25, -0.2) is 4.79 Å². The maximum Gasteiger partial charge on any atom is 0.414 e. The average molecular weight is 438 g/mol. The summed E-state index contributed by atoms with van der Waals surface area (Å²) >= 11 is 0. The molecule has 6 heteroatoms. The van der Waals surface area contributed by atoms with Crippen molar-refractivity contribution in [1.29, 1.82) is 0 Å². The summed E-state index contributed by atoms with van der Waals surface area (Å²) < 4.78 is 17.1. The highest BCUT2D eigenvalue weighted by Crippen LogP contribution is 2.33. The van der Waals surface area contributed by atoms with Gasteiger partial charge in [-0.3, -0.25) is 4.79 Å². The summed E-state index contributed by atoms with van der Waals surface area (Å²) in [5.41, 5.74) is 2.25. The predicted molar refractivity (Wildman–Crippen MR) is 127 cm³/mol. The van der Waals surface area contributed by atoms with Gasteiger partial charge in [0.15, 0.2) is 0 Å². The summed E-state index contributed by atoms with van der Waals surface area (Å²) in [5, 5.41) is 0.464. The molecule has 0 N–H and O–H groups in total. The van der Waals surface area contributed by atoms with Crippen LogP contribution in [0.1, 0.15) is 43.9 Å². The van der Waals surface area contributed by atoms with E-state index in [-0.39, 0.29) is 5.43 Å². The van der Waals surface area contributed by atoms with Crippen molar-refractivity contribution in [3.05, 3.63) is 57.9 Å². The third kappa shape index (κ3) is 4.96. The molecule has 0 aliphatic heterocycles. The number of rotatable bonds is 8. The Morgan fingerprint density at radius 2 is 1.81 bits per heavy atom. The number of unbranched alkanes of at least 4 members (excludes halogenated alkanes) is 3. The number of ether oxygens (including phenoxy) is 2. The number of hydrogen-bond acceptors (Lipinski definition) is 5. The predicted octanol–water partition coefficient (Wildman–Crippen LogP) is 5.96. The summed E-state index contributed by atoms with van der Waals surface area (Å²) in [6.07, 6.45) is 4.53. The largest absolute Gasteiger partial charge is 0.496 e. The van der Waals surface area contributed by atoms with Crippen LogP contribution in [0.25, 0.3) is 22.1 Å². The molecule has 0 unspecified atom stereocenters. The molecule has 0 bridgehead atoms. The van der Waals surface area contributed by atoms with Crippen LogP contribution in [-0.2, 0) is 6.42 Å². The minimum Gasteiger partial charge on any atom is -0.496 e. The summed E-state index contributed by atoms with van der Waals surface area (Å²) in [5.74, 6) is 1.52. The molecule has 0 spiro atoms. The molecule has 1 heterocycles. The van der Waals surface area contributed by atoms with E-state index >= 15 is 0 Å². The zero-order valence-corrected chi connectivity index (χ0v) is 19.5. The number of fused-ring (bicyclic) bond motifs is 1. The Kier molecular flexibility index (Phi) is 7.57. The number of carbonyl (C=O) groups is 1. The molecular weight excluding hydrogens is 406 g/mol. The van der Waals surface area contributed by atoms with Crippen LogP contribution < -0.4 is 14.9 Å². The molecule has 0 atom stereocenters. The third-order valence-corrected chi connectivity index (χ3v) is 5.49. The molecular formula is C26H31NO5. The van der Waals surface area contributed by atoms with Crippen molar-refractivity contribution in [2.75, 3.05) is 21.2 Å². The Balaban J connectivity index is 2.16. The van der Waals surface area contributed by atoms with Crippen molar-refractivity contribution < 1.29 is 18.7 Å². The van der Waals surface area contributed by atoms with Gasteiger partial charge in [-0.05, 0) is 37.5 Å². The molecule has 6 nitrogen and oxygen atoms in total. The number of aryl methyl sites for hydroxylation is 2. The van der Waals surface area contributed by atoms with Crippen molar-refractivity contribution in [3.63, 3.8) is 0 Å². The monoisotopic (exact) mass is 437 g/mol. The summed E-state index contributed by atoms with van der Waals surface area (Å²) in [7, 11) is 4.85. The minimum atomic E-state index is -0.469. The first kappa shape index (κ1) is 23.4. The smallest absolute Gasteiger partial charge is 0.414 e. The fourth-order valence-electron chi connectivity index (χ4n) is 3.76. The Labute approximate surface area is 188 Å². The van der Waals surface area contributed by atoms with Gasteiger partial charge < -0.3 is 18.8 Å². The number of para-hydroxylation sites is 1. The Bertz CT molecular complexity index is 1160. The first-order valence-electron chi connectivity index (χ1n) is 11.0. The van der Waals surface area contributed by atoms with Crippen LogP contribution in [0.3, 0.4) is 0 Å². The lowest BCUT2D eigenvalue weighted by Gasteiger charge is -2.16. The van der Waals surface area contributed by atoms with Gasteiger partial charge in [-0.1, -0.05) is 44.4 Å². The molecule has 1 amide bonds. The first-order chi connectivity index (χ1) is 15.4. The van der Waals surface area contributed by atoms with Crippen molar-refractivity contribution in [2.24, 2.45) is 0 Å².